The molecule has 1 amide bonds. The van der Waals surface area contributed by atoms with Crippen LogP contribution in [-0.2, 0) is 4.79 Å². The number of β-amino-alcohol motifs (C(OH)–C–C–N with tert-alkyl or cyclic N) is 1. The summed E-state index contributed by atoms with van der Waals surface area (Å²) in [5.74, 6) is -0.0589. The zero-order valence-electron chi connectivity index (χ0n) is 13.2. The lowest BCUT2D eigenvalue weighted by Gasteiger charge is -2.18. The lowest BCUT2D eigenvalue weighted by Crippen LogP contribution is -2.41. The summed E-state index contributed by atoms with van der Waals surface area (Å²) < 4.78 is 0. The first-order valence-electron chi connectivity index (χ1n) is 7.77. The molecule has 3 rings (SSSR count). The van der Waals surface area contributed by atoms with Gasteiger partial charge in [0.1, 0.15) is 0 Å². The molecular formula is C17H21N3O2S. The van der Waals surface area contributed by atoms with Crippen LogP contribution in [0.15, 0.2) is 29.8 Å². The van der Waals surface area contributed by atoms with Gasteiger partial charge in [-0.15, -0.1) is 11.3 Å². The van der Waals surface area contributed by atoms with Crippen LogP contribution in [0.4, 0.5) is 0 Å². The monoisotopic (exact) mass is 331 g/mol. The molecule has 0 radical (unpaired) electrons. The van der Waals surface area contributed by atoms with Crippen molar-refractivity contribution >= 4 is 17.2 Å². The van der Waals surface area contributed by atoms with E-state index in [2.05, 4.69) is 27.8 Å². The Hall–Kier alpha value is -1.76. The molecule has 5 nitrogen and oxygen atoms in total. The number of benzene rings is 1. The largest absolute Gasteiger partial charge is 0.392 e. The zero-order chi connectivity index (χ0) is 16.4. The van der Waals surface area contributed by atoms with Gasteiger partial charge in [-0.05, 0) is 31.4 Å². The normalized spacial score (nSPS) is 22.0. The third-order valence-electron chi connectivity index (χ3n) is 4.20. The maximum absolute atomic E-state index is 12.2. The molecule has 1 aliphatic heterocycles. The maximum atomic E-state index is 12.2. The molecule has 122 valence electrons. The first-order valence-corrected chi connectivity index (χ1v) is 8.65. The second kappa shape index (κ2) is 6.78. The molecule has 1 aliphatic rings. The van der Waals surface area contributed by atoms with Crippen LogP contribution in [0.2, 0.25) is 0 Å². The molecule has 1 saturated heterocycles. The van der Waals surface area contributed by atoms with Crippen molar-refractivity contribution < 1.29 is 9.90 Å². The number of hydrogen-bond donors (Lipinski definition) is 3. The van der Waals surface area contributed by atoms with Crippen LogP contribution in [0, 0.1) is 6.92 Å². The molecule has 0 spiro atoms. The van der Waals surface area contributed by atoms with E-state index in [-0.39, 0.29) is 18.0 Å². The molecule has 0 bridgehead atoms. The molecule has 1 fully saturated rings. The first kappa shape index (κ1) is 16.1. The second-order valence-electron chi connectivity index (χ2n) is 5.97. The lowest BCUT2D eigenvalue weighted by atomic mass is 10.0. The van der Waals surface area contributed by atoms with Crippen LogP contribution in [0.25, 0.3) is 10.4 Å². The lowest BCUT2D eigenvalue weighted by molar-refractivity contribution is -0.123. The minimum Gasteiger partial charge on any atom is -0.392 e. The van der Waals surface area contributed by atoms with Gasteiger partial charge in [0.25, 0.3) is 0 Å². The van der Waals surface area contributed by atoms with Crippen LogP contribution >= 0.6 is 11.3 Å². The number of aliphatic hydroxyl groups excluding tert-OH is 1. The van der Waals surface area contributed by atoms with Gasteiger partial charge in [0.15, 0.2) is 0 Å². The number of rotatable bonds is 4. The minimum atomic E-state index is -0.428. The summed E-state index contributed by atoms with van der Waals surface area (Å²) in [7, 11) is 0. The highest BCUT2D eigenvalue weighted by molar-refractivity contribution is 7.13. The smallest absolute Gasteiger partial charge is 0.237 e. The van der Waals surface area contributed by atoms with Crippen molar-refractivity contribution in [3.05, 3.63) is 41.0 Å². The predicted molar refractivity (Wildman–Crippen MR) is 91.3 cm³/mol. The Bertz CT molecular complexity index is 683. The summed E-state index contributed by atoms with van der Waals surface area (Å²) in [5, 5.41) is 15.5. The molecule has 3 N–H and O–H groups in total. The first-order chi connectivity index (χ1) is 11.0. The van der Waals surface area contributed by atoms with Crippen molar-refractivity contribution in [1.29, 1.82) is 0 Å². The zero-order valence-corrected chi connectivity index (χ0v) is 14.1. The Balaban J connectivity index is 1.65. The Morgan fingerprint density at radius 1 is 1.43 bits per heavy atom. The van der Waals surface area contributed by atoms with Gasteiger partial charge in [-0.25, -0.2) is 4.98 Å². The van der Waals surface area contributed by atoms with Crippen LogP contribution in [0.5, 0.6) is 0 Å². The molecular weight excluding hydrogens is 310 g/mol. The van der Waals surface area contributed by atoms with Crippen molar-refractivity contribution in [3.8, 4) is 10.4 Å². The van der Waals surface area contributed by atoms with Gasteiger partial charge in [-0.2, -0.15) is 0 Å². The molecule has 2 aromatic rings. The quantitative estimate of drug-likeness (QED) is 0.801. The molecule has 1 unspecified atom stereocenters. The third-order valence-corrected chi connectivity index (χ3v) is 5.18. The molecule has 1 aromatic carbocycles. The van der Waals surface area contributed by atoms with E-state index in [1.54, 1.807) is 11.3 Å². The van der Waals surface area contributed by atoms with E-state index in [1.165, 1.54) is 4.88 Å². The summed E-state index contributed by atoms with van der Waals surface area (Å²) in [4.78, 5) is 17.6. The molecule has 0 saturated carbocycles. The topological polar surface area (TPSA) is 74.2 Å². The fourth-order valence-electron chi connectivity index (χ4n) is 2.82. The van der Waals surface area contributed by atoms with E-state index in [0.29, 0.717) is 13.0 Å². The van der Waals surface area contributed by atoms with Gasteiger partial charge < -0.3 is 15.7 Å². The van der Waals surface area contributed by atoms with Gasteiger partial charge in [0.05, 0.1) is 34.3 Å². The Kier molecular flexibility index (Phi) is 4.75. The summed E-state index contributed by atoms with van der Waals surface area (Å²) in [6.07, 6.45) is 0.0466. The highest BCUT2D eigenvalue weighted by Crippen LogP contribution is 2.28. The third kappa shape index (κ3) is 3.60. The molecule has 1 aromatic heterocycles. The van der Waals surface area contributed by atoms with Gasteiger partial charge in [0, 0.05) is 6.54 Å². The van der Waals surface area contributed by atoms with Crippen LogP contribution in [0.3, 0.4) is 0 Å². The van der Waals surface area contributed by atoms with E-state index in [9.17, 15) is 9.90 Å². The molecule has 0 aliphatic carbocycles. The number of aliphatic hydroxyl groups is 1. The number of nitrogens with one attached hydrogen (secondary N) is 2. The van der Waals surface area contributed by atoms with Crippen molar-refractivity contribution in [2.24, 2.45) is 0 Å². The van der Waals surface area contributed by atoms with E-state index >= 15 is 0 Å². The van der Waals surface area contributed by atoms with Crippen LogP contribution < -0.4 is 10.6 Å². The van der Waals surface area contributed by atoms with E-state index < -0.39 is 6.10 Å². The standard InChI is InChI=1S/C17H21N3O2S/c1-10(20-17(22)15-7-14(21)8-18-15)12-3-5-13(6-4-12)16-11(2)19-9-23-16/h3-6,9-10,14-15,18,21H,7-8H2,1-2H3,(H,20,22)/t10-,14-,15?/m0/s1. The van der Waals surface area contributed by atoms with Crippen molar-refractivity contribution in [1.82, 2.24) is 15.6 Å². The summed E-state index contributed by atoms with van der Waals surface area (Å²) in [5.41, 5.74) is 5.09. The SMILES string of the molecule is Cc1ncsc1-c1ccc([C@H](C)NC(=O)C2C[C@H](O)CN2)cc1. The summed E-state index contributed by atoms with van der Waals surface area (Å²) in [6.45, 7) is 4.46. The number of nitrogens with zero attached hydrogens (tertiary/aromatic N) is 1. The Labute approximate surface area is 139 Å². The second-order valence-corrected chi connectivity index (χ2v) is 6.82. The van der Waals surface area contributed by atoms with Crippen molar-refractivity contribution in [2.75, 3.05) is 6.54 Å². The molecule has 23 heavy (non-hydrogen) atoms. The number of hydrogen-bond acceptors (Lipinski definition) is 5. The van der Waals surface area contributed by atoms with Crippen molar-refractivity contribution in [3.63, 3.8) is 0 Å². The van der Waals surface area contributed by atoms with Crippen LogP contribution in [0.1, 0.15) is 30.6 Å². The Morgan fingerprint density at radius 2 is 2.17 bits per heavy atom. The van der Waals surface area contributed by atoms with E-state index in [1.807, 2.05) is 31.5 Å². The molecule has 3 atom stereocenters. The minimum absolute atomic E-state index is 0.0589. The van der Waals surface area contributed by atoms with Crippen LogP contribution in [-0.4, -0.2) is 34.7 Å². The van der Waals surface area contributed by atoms with E-state index in [0.717, 1.165) is 16.8 Å². The highest BCUT2D eigenvalue weighted by atomic mass is 32.1. The number of thiazole rings is 1. The number of aromatic nitrogens is 1. The van der Waals surface area contributed by atoms with Gasteiger partial charge in [-0.1, -0.05) is 24.3 Å². The number of amides is 1. The Morgan fingerprint density at radius 3 is 2.74 bits per heavy atom. The fraction of sp³-hybridized carbons (Fsp3) is 0.412. The highest BCUT2D eigenvalue weighted by Gasteiger charge is 2.28. The molecule has 6 heteroatoms. The number of carbonyl (C=O) groups is 1. The average molecular weight is 331 g/mol. The number of aryl methyl sites for hydroxylation is 1. The number of carbonyl (C=O) groups excluding carboxylic acids is 1. The van der Waals surface area contributed by atoms with Gasteiger partial charge in [0.2, 0.25) is 5.91 Å². The van der Waals surface area contributed by atoms with Gasteiger partial charge >= 0.3 is 0 Å². The molecule has 2 heterocycles. The fourth-order valence-corrected chi connectivity index (χ4v) is 3.63. The van der Waals surface area contributed by atoms with E-state index in [4.69, 9.17) is 0 Å². The van der Waals surface area contributed by atoms with Gasteiger partial charge in [-0.3, -0.25) is 4.79 Å². The summed E-state index contributed by atoms with van der Waals surface area (Å²) in [6, 6.07) is 7.84. The maximum Gasteiger partial charge on any atom is 0.237 e. The average Bonchev–Trinajstić information content (AvgIpc) is 3.16. The van der Waals surface area contributed by atoms with Crippen molar-refractivity contribution in [2.45, 2.75) is 38.5 Å². The summed E-state index contributed by atoms with van der Waals surface area (Å²) >= 11 is 1.63. The predicted octanol–water partition coefficient (Wildman–Crippen LogP) is 2.02.